The first-order valence-corrected chi connectivity index (χ1v) is 9.04. The molecule has 26 heavy (non-hydrogen) atoms. The van der Waals surface area contributed by atoms with E-state index in [1.54, 1.807) is 6.20 Å². The molecule has 1 aliphatic heterocycles. The minimum absolute atomic E-state index is 0.0622. The van der Waals surface area contributed by atoms with E-state index in [1.807, 2.05) is 66.2 Å². The number of nitrogens with zero attached hydrogens (tertiary/aromatic N) is 5. The number of imidazole rings is 1. The molecule has 1 fully saturated rings. The van der Waals surface area contributed by atoms with Gasteiger partial charge in [-0.2, -0.15) is 5.10 Å². The average Bonchev–Trinajstić information content (AvgIpc) is 3.27. The highest BCUT2D eigenvalue weighted by molar-refractivity contribution is 5.95. The van der Waals surface area contributed by atoms with Crippen molar-refractivity contribution in [2.24, 2.45) is 0 Å². The van der Waals surface area contributed by atoms with Gasteiger partial charge in [0, 0.05) is 25.5 Å². The molecule has 0 spiro atoms. The van der Waals surface area contributed by atoms with Crippen molar-refractivity contribution in [2.75, 3.05) is 13.1 Å². The van der Waals surface area contributed by atoms with Gasteiger partial charge in [-0.1, -0.05) is 18.2 Å². The number of aryl methyl sites for hydroxylation is 1. The molecule has 0 saturated carbocycles. The molecular formula is C20H23N5O. The molecule has 1 atom stereocenters. The van der Waals surface area contributed by atoms with Crippen LogP contribution in [0, 0.1) is 13.8 Å². The van der Waals surface area contributed by atoms with Crippen LogP contribution in [0.4, 0.5) is 0 Å². The van der Waals surface area contributed by atoms with Crippen molar-refractivity contribution < 1.29 is 4.79 Å². The average molecular weight is 349 g/mol. The maximum Gasteiger partial charge on any atom is 0.257 e. The number of hydrogen-bond donors (Lipinski definition) is 0. The second-order valence-corrected chi connectivity index (χ2v) is 6.82. The largest absolute Gasteiger partial charge is 0.336 e. The van der Waals surface area contributed by atoms with E-state index in [4.69, 9.17) is 0 Å². The van der Waals surface area contributed by atoms with Crippen LogP contribution in [0.1, 0.15) is 40.8 Å². The van der Waals surface area contributed by atoms with E-state index in [9.17, 15) is 4.79 Å². The van der Waals surface area contributed by atoms with Gasteiger partial charge in [-0.05, 0) is 38.8 Å². The number of likely N-dealkylation sites (tertiary alicyclic amines) is 1. The van der Waals surface area contributed by atoms with Crippen LogP contribution in [0.15, 0.2) is 48.9 Å². The zero-order valence-corrected chi connectivity index (χ0v) is 15.2. The van der Waals surface area contributed by atoms with Crippen LogP contribution in [-0.4, -0.2) is 43.2 Å². The maximum atomic E-state index is 13.1. The summed E-state index contributed by atoms with van der Waals surface area (Å²) in [5.41, 5.74) is 2.52. The van der Waals surface area contributed by atoms with Crippen molar-refractivity contribution in [2.45, 2.75) is 32.7 Å². The molecule has 1 saturated heterocycles. The Morgan fingerprint density at radius 1 is 1.19 bits per heavy atom. The Bertz CT molecular complexity index is 911. The lowest BCUT2D eigenvalue weighted by molar-refractivity contribution is 0.0677. The van der Waals surface area contributed by atoms with Crippen LogP contribution >= 0.6 is 0 Å². The summed E-state index contributed by atoms with van der Waals surface area (Å²) in [7, 11) is 0. The highest BCUT2D eigenvalue weighted by Gasteiger charge is 2.28. The smallest absolute Gasteiger partial charge is 0.257 e. The molecule has 3 aromatic rings. The first-order valence-electron chi connectivity index (χ1n) is 9.04. The van der Waals surface area contributed by atoms with Gasteiger partial charge in [-0.25, -0.2) is 9.67 Å². The molecule has 0 bridgehead atoms. The van der Waals surface area contributed by atoms with Gasteiger partial charge < -0.3 is 9.47 Å². The maximum absolute atomic E-state index is 13.1. The summed E-state index contributed by atoms with van der Waals surface area (Å²) in [4.78, 5) is 19.4. The number of hydrogen-bond acceptors (Lipinski definition) is 3. The molecule has 1 aromatic carbocycles. The second kappa shape index (κ2) is 6.78. The van der Waals surface area contributed by atoms with Crippen molar-refractivity contribution in [1.82, 2.24) is 24.2 Å². The Balaban J connectivity index is 1.56. The minimum atomic E-state index is 0.0622. The molecule has 1 aliphatic rings. The van der Waals surface area contributed by atoms with Crippen LogP contribution in [-0.2, 0) is 0 Å². The normalized spacial score (nSPS) is 17.5. The molecule has 3 heterocycles. The number of carbonyl (C=O) groups is 1. The third-order valence-electron chi connectivity index (χ3n) is 5.18. The zero-order valence-electron chi connectivity index (χ0n) is 15.2. The monoisotopic (exact) mass is 349 g/mol. The standard InChI is InChI=1S/C20H23N5O/c1-15-19(13-22-25(15)17-7-4-3-5-8-17)20(26)23-11-6-9-18(14-23)24-12-10-21-16(24)2/h3-5,7-8,10,12-13,18H,6,9,11,14H2,1-2H3/t18-/m0/s1. The Morgan fingerprint density at radius 3 is 2.73 bits per heavy atom. The van der Waals surface area contributed by atoms with E-state index in [1.165, 1.54) is 0 Å². The molecule has 134 valence electrons. The van der Waals surface area contributed by atoms with Crippen molar-refractivity contribution in [1.29, 1.82) is 0 Å². The number of para-hydroxylation sites is 1. The summed E-state index contributed by atoms with van der Waals surface area (Å²) >= 11 is 0. The van der Waals surface area contributed by atoms with E-state index in [0.29, 0.717) is 18.2 Å². The fourth-order valence-electron chi connectivity index (χ4n) is 3.76. The van der Waals surface area contributed by atoms with E-state index in [2.05, 4.69) is 14.6 Å². The predicted octanol–water partition coefficient (Wildman–Crippen LogP) is 3.16. The molecule has 2 aromatic heterocycles. The second-order valence-electron chi connectivity index (χ2n) is 6.82. The summed E-state index contributed by atoms with van der Waals surface area (Å²) in [5, 5.41) is 4.44. The predicted molar refractivity (Wildman–Crippen MR) is 99.4 cm³/mol. The summed E-state index contributed by atoms with van der Waals surface area (Å²) in [5.74, 6) is 1.06. The fraction of sp³-hybridized carbons (Fsp3) is 0.350. The number of piperidine rings is 1. The Kier molecular flexibility index (Phi) is 4.32. The van der Waals surface area contributed by atoms with E-state index < -0.39 is 0 Å². The van der Waals surface area contributed by atoms with Gasteiger partial charge in [0.25, 0.3) is 5.91 Å². The Hall–Kier alpha value is -2.89. The van der Waals surface area contributed by atoms with E-state index >= 15 is 0 Å². The first-order chi connectivity index (χ1) is 12.6. The van der Waals surface area contributed by atoms with Gasteiger partial charge in [-0.3, -0.25) is 4.79 Å². The van der Waals surface area contributed by atoms with E-state index in [-0.39, 0.29) is 5.91 Å². The van der Waals surface area contributed by atoms with Crippen molar-refractivity contribution in [3.8, 4) is 5.69 Å². The Labute approximate surface area is 153 Å². The summed E-state index contributed by atoms with van der Waals surface area (Å²) in [6.45, 7) is 5.47. The van der Waals surface area contributed by atoms with Crippen LogP contribution in [0.5, 0.6) is 0 Å². The molecule has 6 nitrogen and oxygen atoms in total. The number of rotatable bonds is 3. The lowest BCUT2D eigenvalue weighted by Crippen LogP contribution is -2.41. The number of benzene rings is 1. The van der Waals surface area contributed by atoms with Crippen molar-refractivity contribution >= 4 is 5.91 Å². The number of aromatic nitrogens is 4. The van der Waals surface area contributed by atoms with Gasteiger partial charge in [0.1, 0.15) is 5.82 Å². The molecule has 0 radical (unpaired) electrons. The summed E-state index contributed by atoms with van der Waals surface area (Å²) < 4.78 is 4.01. The van der Waals surface area contributed by atoms with Crippen molar-refractivity contribution in [3.05, 3.63) is 66.0 Å². The molecule has 4 rings (SSSR count). The van der Waals surface area contributed by atoms with Crippen LogP contribution < -0.4 is 0 Å². The summed E-state index contributed by atoms with van der Waals surface area (Å²) in [6, 6.07) is 10.2. The van der Waals surface area contributed by atoms with Gasteiger partial charge in [0.15, 0.2) is 0 Å². The number of amides is 1. The highest BCUT2D eigenvalue weighted by Crippen LogP contribution is 2.25. The summed E-state index contributed by atoms with van der Waals surface area (Å²) in [6.07, 6.45) is 7.59. The van der Waals surface area contributed by atoms with Gasteiger partial charge in [-0.15, -0.1) is 0 Å². The fourth-order valence-corrected chi connectivity index (χ4v) is 3.76. The van der Waals surface area contributed by atoms with Crippen LogP contribution in [0.2, 0.25) is 0 Å². The lowest BCUT2D eigenvalue weighted by atomic mass is 10.0. The van der Waals surface area contributed by atoms with Gasteiger partial charge >= 0.3 is 0 Å². The molecule has 0 aliphatic carbocycles. The third kappa shape index (κ3) is 2.92. The molecular weight excluding hydrogens is 326 g/mol. The van der Waals surface area contributed by atoms with Crippen LogP contribution in [0.25, 0.3) is 5.69 Å². The van der Waals surface area contributed by atoms with Gasteiger partial charge in [0.05, 0.1) is 29.2 Å². The van der Waals surface area contributed by atoms with Crippen molar-refractivity contribution in [3.63, 3.8) is 0 Å². The molecule has 0 N–H and O–H groups in total. The highest BCUT2D eigenvalue weighted by atomic mass is 16.2. The molecule has 0 unspecified atom stereocenters. The molecule has 1 amide bonds. The molecule has 6 heteroatoms. The minimum Gasteiger partial charge on any atom is -0.336 e. The number of carbonyl (C=O) groups excluding carboxylic acids is 1. The Morgan fingerprint density at radius 2 is 2.00 bits per heavy atom. The zero-order chi connectivity index (χ0) is 18.1. The van der Waals surface area contributed by atoms with Gasteiger partial charge in [0.2, 0.25) is 0 Å². The SMILES string of the molecule is Cc1nccn1[C@H]1CCCN(C(=O)c2cnn(-c3ccccc3)c2C)C1. The third-order valence-corrected chi connectivity index (χ3v) is 5.18. The van der Waals surface area contributed by atoms with Crippen LogP contribution in [0.3, 0.4) is 0 Å². The quantitative estimate of drug-likeness (QED) is 0.730. The topological polar surface area (TPSA) is 56.0 Å². The van der Waals surface area contributed by atoms with E-state index in [0.717, 1.165) is 36.6 Å². The lowest BCUT2D eigenvalue weighted by Gasteiger charge is -2.33. The first kappa shape index (κ1) is 16.6.